The Hall–Kier alpha value is -0.120. The van der Waals surface area contributed by atoms with E-state index in [1.165, 1.54) is 12.8 Å². The standard InChI is InChI=1S/C12H26N2O/c1-5-6-12(7-13-4)14-8-11(3)15-9-10(14)2/h10-13H,5-9H2,1-4H3. The third kappa shape index (κ3) is 3.74. The minimum atomic E-state index is 0.386. The van der Waals surface area contributed by atoms with Crippen LogP contribution in [0.4, 0.5) is 0 Å². The van der Waals surface area contributed by atoms with E-state index in [1.54, 1.807) is 0 Å². The van der Waals surface area contributed by atoms with E-state index in [-0.39, 0.29) is 0 Å². The van der Waals surface area contributed by atoms with Gasteiger partial charge < -0.3 is 10.1 Å². The number of nitrogens with one attached hydrogen (secondary N) is 1. The molecule has 0 amide bonds. The van der Waals surface area contributed by atoms with Crippen LogP contribution in [0.3, 0.4) is 0 Å². The van der Waals surface area contributed by atoms with Gasteiger partial charge in [0.15, 0.2) is 0 Å². The molecule has 1 aliphatic rings. The van der Waals surface area contributed by atoms with Crippen molar-refractivity contribution in [2.24, 2.45) is 0 Å². The predicted molar refractivity (Wildman–Crippen MR) is 64.2 cm³/mol. The van der Waals surface area contributed by atoms with E-state index in [4.69, 9.17) is 4.74 Å². The van der Waals surface area contributed by atoms with E-state index < -0.39 is 0 Å². The van der Waals surface area contributed by atoms with Crippen molar-refractivity contribution in [2.45, 2.75) is 51.8 Å². The van der Waals surface area contributed by atoms with Gasteiger partial charge in [-0.15, -0.1) is 0 Å². The number of rotatable bonds is 5. The molecular formula is C12H26N2O. The highest BCUT2D eigenvalue weighted by Gasteiger charge is 2.28. The second-order valence-electron chi connectivity index (χ2n) is 4.69. The van der Waals surface area contributed by atoms with E-state index in [2.05, 4.69) is 31.0 Å². The summed E-state index contributed by atoms with van der Waals surface area (Å²) in [5.74, 6) is 0. The Morgan fingerprint density at radius 3 is 2.80 bits per heavy atom. The molecule has 15 heavy (non-hydrogen) atoms. The summed E-state index contributed by atoms with van der Waals surface area (Å²) in [5, 5.41) is 3.30. The number of nitrogens with zero attached hydrogens (tertiary/aromatic N) is 1. The van der Waals surface area contributed by atoms with Crippen LogP contribution in [-0.4, -0.2) is 49.8 Å². The molecule has 1 N–H and O–H groups in total. The monoisotopic (exact) mass is 214 g/mol. The topological polar surface area (TPSA) is 24.5 Å². The SMILES string of the molecule is CCCC(CNC)N1CC(C)OCC1C. The highest BCUT2D eigenvalue weighted by molar-refractivity contribution is 4.82. The molecule has 0 saturated carbocycles. The highest BCUT2D eigenvalue weighted by Crippen LogP contribution is 2.17. The van der Waals surface area contributed by atoms with Gasteiger partial charge in [0, 0.05) is 25.2 Å². The summed E-state index contributed by atoms with van der Waals surface area (Å²) in [5.41, 5.74) is 0. The number of hydrogen-bond donors (Lipinski definition) is 1. The van der Waals surface area contributed by atoms with E-state index in [0.29, 0.717) is 18.2 Å². The number of likely N-dealkylation sites (N-methyl/N-ethyl adjacent to an activating group) is 1. The molecule has 3 heteroatoms. The van der Waals surface area contributed by atoms with E-state index in [0.717, 1.165) is 19.7 Å². The first-order valence-corrected chi connectivity index (χ1v) is 6.21. The smallest absolute Gasteiger partial charge is 0.0674 e. The number of hydrogen-bond acceptors (Lipinski definition) is 3. The van der Waals surface area contributed by atoms with E-state index in [1.807, 2.05) is 7.05 Å². The summed E-state index contributed by atoms with van der Waals surface area (Å²) >= 11 is 0. The Morgan fingerprint density at radius 1 is 1.47 bits per heavy atom. The molecule has 0 aromatic heterocycles. The lowest BCUT2D eigenvalue weighted by Gasteiger charge is -2.42. The zero-order valence-corrected chi connectivity index (χ0v) is 10.6. The van der Waals surface area contributed by atoms with E-state index >= 15 is 0 Å². The first kappa shape index (κ1) is 12.9. The van der Waals surface area contributed by atoms with Gasteiger partial charge in [-0.1, -0.05) is 13.3 Å². The molecule has 0 radical (unpaired) electrons. The third-order valence-electron chi connectivity index (χ3n) is 3.19. The summed E-state index contributed by atoms with van der Waals surface area (Å²) in [6.45, 7) is 9.74. The lowest BCUT2D eigenvalue weighted by atomic mass is 10.1. The van der Waals surface area contributed by atoms with Crippen LogP contribution in [0.25, 0.3) is 0 Å². The second kappa shape index (κ2) is 6.46. The van der Waals surface area contributed by atoms with Gasteiger partial charge in [0.05, 0.1) is 12.7 Å². The van der Waals surface area contributed by atoms with Gasteiger partial charge >= 0.3 is 0 Å². The van der Waals surface area contributed by atoms with Gasteiger partial charge in [0.25, 0.3) is 0 Å². The fourth-order valence-electron chi connectivity index (χ4n) is 2.39. The first-order chi connectivity index (χ1) is 7.19. The van der Waals surface area contributed by atoms with Gasteiger partial charge in [-0.05, 0) is 27.3 Å². The first-order valence-electron chi connectivity index (χ1n) is 6.21. The fraction of sp³-hybridized carbons (Fsp3) is 1.00. The van der Waals surface area contributed by atoms with Crippen LogP contribution in [0.2, 0.25) is 0 Å². The predicted octanol–water partition coefficient (Wildman–Crippen LogP) is 1.48. The van der Waals surface area contributed by atoms with Crippen LogP contribution in [0.5, 0.6) is 0 Å². The molecular weight excluding hydrogens is 188 g/mol. The third-order valence-corrected chi connectivity index (χ3v) is 3.19. The maximum absolute atomic E-state index is 5.66. The Balaban J connectivity index is 2.54. The van der Waals surface area contributed by atoms with Crippen molar-refractivity contribution in [3.8, 4) is 0 Å². The molecule has 0 aromatic rings. The number of ether oxygens (including phenoxy) is 1. The Labute approximate surface area is 94.2 Å². The van der Waals surface area contributed by atoms with Crippen molar-refractivity contribution in [1.82, 2.24) is 10.2 Å². The zero-order chi connectivity index (χ0) is 11.3. The summed E-state index contributed by atoms with van der Waals surface area (Å²) in [7, 11) is 2.04. The summed E-state index contributed by atoms with van der Waals surface area (Å²) in [4.78, 5) is 2.61. The van der Waals surface area contributed by atoms with Gasteiger partial charge in [0.1, 0.15) is 0 Å². The lowest BCUT2D eigenvalue weighted by molar-refractivity contribution is -0.0666. The van der Waals surface area contributed by atoms with Gasteiger partial charge in [-0.2, -0.15) is 0 Å². The number of morpholine rings is 1. The fourth-order valence-corrected chi connectivity index (χ4v) is 2.39. The van der Waals surface area contributed by atoms with Crippen molar-refractivity contribution in [3.63, 3.8) is 0 Å². The molecule has 0 bridgehead atoms. The molecule has 3 unspecified atom stereocenters. The van der Waals surface area contributed by atoms with Crippen molar-refractivity contribution < 1.29 is 4.74 Å². The van der Waals surface area contributed by atoms with Gasteiger partial charge in [-0.25, -0.2) is 0 Å². The van der Waals surface area contributed by atoms with E-state index in [9.17, 15) is 0 Å². The average molecular weight is 214 g/mol. The van der Waals surface area contributed by atoms with Crippen LogP contribution >= 0.6 is 0 Å². The van der Waals surface area contributed by atoms with Gasteiger partial charge in [0.2, 0.25) is 0 Å². The summed E-state index contributed by atoms with van der Waals surface area (Å²) < 4.78 is 5.66. The van der Waals surface area contributed by atoms with Crippen LogP contribution < -0.4 is 5.32 Å². The Bertz CT molecular complexity index is 169. The van der Waals surface area contributed by atoms with Gasteiger partial charge in [-0.3, -0.25) is 4.90 Å². The summed E-state index contributed by atoms with van der Waals surface area (Å²) in [6, 6.07) is 1.23. The zero-order valence-electron chi connectivity index (χ0n) is 10.6. The second-order valence-corrected chi connectivity index (χ2v) is 4.69. The van der Waals surface area contributed by atoms with Crippen LogP contribution in [0.15, 0.2) is 0 Å². The maximum Gasteiger partial charge on any atom is 0.0674 e. The minimum Gasteiger partial charge on any atom is -0.376 e. The average Bonchev–Trinajstić information content (AvgIpc) is 2.21. The molecule has 0 aliphatic carbocycles. The maximum atomic E-state index is 5.66. The minimum absolute atomic E-state index is 0.386. The van der Waals surface area contributed by atoms with Crippen molar-refractivity contribution in [1.29, 1.82) is 0 Å². The van der Waals surface area contributed by atoms with Crippen LogP contribution in [0, 0.1) is 0 Å². The van der Waals surface area contributed by atoms with Crippen molar-refractivity contribution >= 4 is 0 Å². The molecule has 0 spiro atoms. The molecule has 1 fully saturated rings. The normalized spacial score (nSPS) is 30.4. The molecule has 90 valence electrons. The summed E-state index contributed by atoms with van der Waals surface area (Å²) in [6.07, 6.45) is 2.92. The molecule has 1 heterocycles. The van der Waals surface area contributed by atoms with Crippen LogP contribution in [0.1, 0.15) is 33.6 Å². The highest BCUT2D eigenvalue weighted by atomic mass is 16.5. The Kier molecular flexibility index (Phi) is 5.58. The van der Waals surface area contributed by atoms with Crippen LogP contribution in [-0.2, 0) is 4.74 Å². The van der Waals surface area contributed by atoms with Crippen molar-refractivity contribution in [3.05, 3.63) is 0 Å². The molecule has 0 aromatic carbocycles. The quantitative estimate of drug-likeness (QED) is 0.750. The lowest BCUT2D eigenvalue weighted by Crippen LogP contribution is -2.54. The molecule has 3 nitrogen and oxygen atoms in total. The molecule has 3 atom stereocenters. The molecule has 1 aliphatic heterocycles. The molecule has 1 saturated heterocycles. The largest absolute Gasteiger partial charge is 0.376 e. The molecule has 1 rings (SSSR count). The Morgan fingerprint density at radius 2 is 2.20 bits per heavy atom. The van der Waals surface area contributed by atoms with Crippen molar-refractivity contribution in [2.75, 3.05) is 26.7 Å².